The molecule has 2 aliphatic rings. The van der Waals surface area contributed by atoms with Gasteiger partial charge in [0.15, 0.2) is 5.72 Å². The molecule has 2 fully saturated rings. The van der Waals surface area contributed by atoms with Crippen LogP contribution in [0.25, 0.3) is 0 Å². The molecule has 9 nitrogen and oxygen atoms in total. The second-order valence-corrected chi connectivity index (χ2v) is 6.35. The third kappa shape index (κ3) is 4.71. The van der Waals surface area contributed by atoms with E-state index in [4.69, 9.17) is 9.68 Å². The van der Waals surface area contributed by atoms with Crippen LogP contribution in [0, 0.1) is 0 Å². The molecule has 0 aliphatic carbocycles. The summed E-state index contributed by atoms with van der Waals surface area (Å²) in [5, 5.41) is 11.8. The van der Waals surface area contributed by atoms with Crippen LogP contribution in [-0.2, 0) is 28.9 Å². The molecular weight excluding hydrogens is 344 g/mol. The third-order valence-electron chi connectivity index (χ3n) is 4.13. The fourth-order valence-corrected chi connectivity index (χ4v) is 2.65. The molecule has 142 valence electrons. The minimum atomic E-state index is -1.30. The Hall–Kier alpha value is -2.64. The van der Waals surface area contributed by atoms with Crippen molar-refractivity contribution in [2.45, 2.75) is 64.0 Å². The van der Waals surface area contributed by atoms with Gasteiger partial charge in [0.05, 0.1) is 5.70 Å². The number of unbranched alkanes of at least 4 members (excludes halogenated alkanes) is 1. The highest BCUT2D eigenvalue weighted by atomic mass is 16.7. The molecule has 1 N–H and O–H groups in total. The number of nitrogens with zero attached hydrogens (tertiary/aromatic N) is 2. The van der Waals surface area contributed by atoms with Crippen molar-refractivity contribution in [3.05, 3.63) is 18.0 Å². The standard InChI is InChI=1S/C17H22N2O7/c1-3-12-10-11-17(2,24)19(12)26-16(23)7-5-4-6-15(22)25-18-13(20)8-9-14(18)21/h24H,1,4-11H2,2H3. The average Bonchev–Trinajstić information content (AvgIpc) is 3.05. The van der Waals surface area contributed by atoms with E-state index in [-0.39, 0.29) is 25.7 Å². The SMILES string of the molecule is C=C=C1CCC(C)(O)N1OC(=O)CCCCC(=O)ON1C(=O)CCC1=O. The normalized spacial score (nSPS) is 22.6. The van der Waals surface area contributed by atoms with Crippen LogP contribution in [0.5, 0.6) is 0 Å². The smallest absolute Gasteiger partial charge is 0.333 e. The number of hydroxylamine groups is 4. The maximum atomic E-state index is 11.9. The molecule has 2 aliphatic heterocycles. The fraction of sp³-hybridized carbons (Fsp3) is 0.588. The summed E-state index contributed by atoms with van der Waals surface area (Å²) >= 11 is 0. The van der Waals surface area contributed by atoms with Gasteiger partial charge in [0.2, 0.25) is 0 Å². The molecular formula is C17H22N2O7. The molecule has 0 aromatic rings. The molecule has 26 heavy (non-hydrogen) atoms. The zero-order chi connectivity index (χ0) is 19.3. The van der Waals surface area contributed by atoms with Crippen LogP contribution in [0.1, 0.15) is 58.3 Å². The molecule has 0 spiro atoms. The molecule has 2 rings (SSSR count). The Kier molecular flexibility index (Phi) is 6.18. The Morgan fingerprint density at radius 2 is 1.65 bits per heavy atom. The summed E-state index contributed by atoms with van der Waals surface area (Å²) in [6.07, 6.45) is 1.65. The van der Waals surface area contributed by atoms with Gasteiger partial charge >= 0.3 is 11.9 Å². The predicted molar refractivity (Wildman–Crippen MR) is 86.1 cm³/mol. The second-order valence-electron chi connectivity index (χ2n) is 6.35. The largest absolute Gasteiger partial charge is 0.368 e. The number of imide groups is 1. The first-order valence-electron chi connectivity index (χ1n) is 8.43. The Morgan fingerprint density at radius 3 is 2.19 bits per heavy atom. The number of carbonyl (C=O) groups excluding carboxylic acids is 4. The van der Waals surface area contributed by atoms with Crippen molar-refractivity contribution in [1.82, 2.24) is 10.1 Å². The van der Waals surface area contributed by atoms with Gasteiger partial charge in [-0.25, -0.2) is 9.59 Å². The maximum Gasteiger partial charge on any atom is 0.333 e. The van der Waals surface area contributed by atoms with E-state index < -0.39 is 29.5 Å². The zero-order valence-electron chi connectivity index (χ0n) is 14.7. The predicted octanol–water partition coefficient (Wildman–Crippen LogP) is 1.09. The second kappa shape index (κ2) is 8.16. The van der Waals surface area contributed by atoms with Crippen LogP contribution in [-0.4, -0.2) is 44.7 Å². The Morgan fingerprint density at radius 1 is 1.12 bits per heavy atom. The first kappa shape index (κ1) is 19.7. The topological polar surface area (TPSA) is 113 Å². The Labute approximate surface area is 150 Å². The summed E-state index contributed by atoms with van der Waals surface area (Å²) in [5.41, 5.74) is 1.84. The number of amides is 2. The van der Waals surface area contributed by atoms with E-state index in [9.17, 15) is 24.3 Å². The van der Waals surface area contributed by atoms with E-state index >= 15 is 0 Å². The minimum Gasteiger partial charge on any atom is -0.368 e. The van der Waals surface area contributed by atoms with Crippen molar-refractivity contribution in [2.75, 3.05) is 0 Å². The molecule has 0 aromatic heterocycles. The maximum absolute atomic E-state index is 11.9. The molecule has 9 heteroatoms. The van der Waals surface area contributed by atoms with Gasteiger partial charge in [-0.3, -0.25) is 9.59 Å². The number of carbonyl (C=O) groups is 4. The summed E-state index contributed by atoms with van der Waals surface area (Å²) in [5.74, 6) is -2.33. The molecule has 1 atom stereocenters. The van der Waals surface area contributed by atoms with Gasteiger partial charge in [-0.1, -0.05) is 6.58 Å². The monoisotopic (exact) mass is 366 g/mol. The van der Waals surface area contributed by atoms with Gasteiger partial charge in [0.1, 0.15) is 0 Å². The molecule has 1 unspecified atom stereocenters. The number of hydrogen-bond donors (Lipinski definition) is 1. The van der Waals surface area contributed by atoms with Crippen molar-refractivity contribution in [3.63, 3.8) is 0 Å². The van der Waals surface area contributed by atoms with Crippen molar-refractivity contribution in [2.24, 2.45) is 0 Å². The van der Waals surface area contributed by atoms with Gasteiger partial charge in [0.25, 0.3) is 11.8 Å². The molecule has 0 bridgehead atoms. The van der Waals surface area contributed by atoms with Gasteiger partial charge in [-0.15, -0.1) is 10.8 Å². The van der Waals surface area contributed by atoms with E-state index in [1.165, 1.54) is 6.92 Å². The third-order valence-corrected chi connectivity index (χ3v) is 4.13. The summed E-state index contributed by atoms with van der Waals surface area (Å²) < 4.78 is 0. The molecule has 2 heterocycles. The lowest BCUT2D eigenvalue weighted by atomic mass is 10.2. The highest BCUT2D eigenvalue weighted by molar-refractivity contribution is 6.01. The summed E-state index contributed by atoms with van der Waals surface area (Å²) in [6.45, 7) is 5.03. The number of aliphatic hydroxyl groups is 1. The lowest BCUT2D eigenvalue weighted by molar-refractivity contribution is -0.241. The molecule has 0 radical (unpaired) electrons. The van der Waals surface area contributed by atoms with Crippen LogP contribution < -0.4 is 0 Å². The van der Waals surface area contributed by atoms with Gasteiger partial charge in [-0.2, -0.15) is 5.06 Å². The van der Waals surface area contributed by atoms with Crippen LogP contribution in [0.4, 0.5) is 0 Å². The van der Waals surface area contributed by atoms with Gasteiger partial charge in [0, 0.05) is 38.5 Å². The van der Waals surface area contributed by atoms with Crippen LogP contribution in [0.2, 0.25) is 0 Å². The van der Waals surface area contributed by atoms with Crippen molar-refractivity contribution in [3.8, 4) is 0 Å². The Bertz CT molecular complexity index is 648. The van der Waals surface area contributed by atoms with E-state index in [0.29, 0.717) is 36.4 Å². The van der Waals surface area contributed by atoms with Crippen LogP contribution in [0.3, 0.4) is 0 Å². The zero-order valence-corrected chi connectivity index (χ0v) is 14.7. The van der Waals surface area contributed by atoms with Crippen molar-refractivity contribution >= 4 is 23.8 Å². The summed E-state index contributed by atoms with van der Waals surface area (Å²) in [7, 11) is 0. The lowest BCUT2D eigenvalue weighted by Gasteiger charge is -2.29. The first-order valence-corrected chi connectivity index (χ1v) is 8.43. The van der Waals surface area contributed by atoms with E-state index in [2.05, 4.69) is 12.3 Å². The first-order chi connectivity index (χ1) is 12.2. The quantitative estimate of drug-likeness (QED) is 0.405. The molecule has 2 amide bonds. The number of hydrogen-bond acceptors (Lipinski definition) is 8. The Balaban J connectivity index is 1.68. The van der Waals surface area contributed by atoms with Crippen molar-refractivity contribution in [1.29, 1.82) is 0 Å². The number of allylic oxidation sites excluding steroid dienone is 1. The summed E-state index contributed by atoms with van der Waals surface area (Å²) in [4.78, 5) is 56.1. The highest BCUT2D eigenvalue weighted by Gasteiger charge is 2.40. The fourth-order valence-electron chi connectivity index (χ4n) is 2.65. The summed E-state index contributed by atoms with van der Waals surface area (Å²) in [6, 6.07) is 0. The van der Waals surface area contributed by atoms with Crippen LogP contribution in [0.15, 0.2) is 18.0 Å². The van der Waals surface area contributed by atoms with E-state index in [1.54, 1.807) is 0 Å². The molecule has 2 saturated heterocycles. The molecule has 0 saturated carbocycles. The van der Waals surface area contributed by atoms with Crippen LogP contribution >= 0.6 is 0 Å². The lowest BCUT2D eigenvalue weighted by Crippen LogP contribution is -2.41. The molecule has 0 aromatic carbocycles. The van der Waals surface area contributed by atoms with Gasteiger partial charge < -0.3 is 14.8 Å². The van der Waals surface area contributed by atoms with E-state index in [1.807, 2.05) is 0 Å². The van der Waals surface area contributed by atoms with Gasteiger partial charge in [-0.05, 0) is 19.8 Å². The van der Waals surface area contributed by atoms with Crippen molar-refractivity contribution < 1.29 is 34.0 Å². The highest BCUT2D eigenvalue weighted by Crippen LogP contribution is 2.34. The average molecular weight is 366 g/mol. The van der Waals surface area contributed by atoms with E-state index in [0.717, 1.165) is 5.06 Å². The number of rotatable bonds is 7. The minimum absolute atomic E-state index is 0.0336.